The molecule has 21 heavy (non-hydrogen) atoms. The summed E-state index contributed by atoms with van der Waals surface area (Å²) < 4.78 is 44.8. The Balaban J connectivity index is 2.13. The molecule has 2 rings (SSSR count). The zero-order valence-electron chi connectivity index (χ0n) is 11.0. The number of ether oxygens (including phenoxy) is 1. The lowest BCUT2D eigenvalue weighted by atomic mass is 10.1. The maximum Gasteiger partial charge on any atom is 0.138 e. The number of halogens is 3. The minimum absolute atomic E-state index is 0.0421. The molecule has 108 valence electrons. The fourth-order valence-corrected chi connectivity index (χ4v) is 1.68. The number of nitrogens with two attached hydrogens (primary N) is 1. The molecule has 0 spiro atoms. The first-order chi connectivity index (χ1) is 10.1. The maximum absolute atomic E-state index is 13.5. The molecule has 0 aliphatic carbocycles. The third-order valence-corrected chi connectivity index (χ3v) is 2.60. The number of rotatable bonds is 3. The Kier molecular flexibility index (Phi) is 4.85. The van der Waals surface area contributed by atoms with Crippen LogP contribution in [0, 0.1) is 29.3 Å². The van der Waals surface area contributed by atoms with E-state index in [1.54, 1.807) is 0 Å². The molecule has 0 saturated heterocycles. The highest BCUT2D eigenvalue weighted by Crippen LogP contribution is 2.18. The maximum atomic E-state index is 13.5. The van der Waals surface area contributed by atoms with E-state index in [0.29, 0.717) is 5.56 Å². The Morgan fingerprint density at radius 2 is 1.71 bits per heavy atom. The minimum atomic E-state index is -0.724. The highest BCUT2D eigenvalue weighted by Gasteiger charge is 2.04. The number of benzene rings is 2. The molecule has 2 nitrogen and oxygen atoms in total. The molecule has 0 heterocycles. The zero-order chi connectivity index (χ0) is 15.2. The van der Waals surface area contributed by atoms with Crippen LogP contribution in [0.4, 0.5) is 13.2 Å². The Hall–Kier alpha value is -2.45. The second kappa shape index (κ2) is 6.82. The summed E-state index contributed by atoms with van der Waals surface area (Å²) in [6, 6.07) is 7.17. The molecule has 0 aromatic heterocycles. The van der Waals surface area contributed by atoms with Crippen molar-refractivity contribution in [1.82, 2.24) is 0 Å². The second-order valence-electron chi connectivity index (χ2n) is 4.21. The third-order valence-electron chi connectivity index (χ3n) is 2.60. The van der Waals surface area contributed by atoms with E-state index in [1.807, 2.05) is 0 Å². The molecule has 0 aliphatic heterocycles. The summed E-state index contributed by atoms with van der Waals surface area (Å²) in [6.07, 6.45) is 0. The van der Waals surface area contributed by atoms with Gasteiger partial charge in [0.1, 0.15) is 29.8 Å². The summed E-state index contributed by atoms with van der Waals surface area (Å²) in [6.45, 7) is 0.170. The summed E-state index contributed by atoms with van der Waals surface area (Å²) in [5.41, 5.74) is 6.06. The Morgan fingerprint density at radius 3 is 2.38 bits per heavy atom. The van der Waals surface area contributed by atoms with E-state index in [2.05, 4.69) is 11.8 Å². The van der Waals surface area contributed by atoms with Gasteiger partial charge in [0.2, 0.25) is 0 Å². The molecule has 0 amide bonds. The van der Waals surface area contributed by atoms with Crippen molar-refractivity contribution in [1.29, 1.82) is 0 Å². The van der Waals surface area contributed by atoms with Gasteiger partial charge in [0.15, 0.2) is 0 Å². The summed E-state index contributed by atoms with van der Waals surface area (Å²) >= 11 is 0. The number of hydrogen-bond acceptors (Lipinski definition) is 2. The van der Waals surface area contributed by atoms with E-state index >= 15 is 0 Å². The first kappa shape index (κ1) is 14.9. The quantitative estimate of drug-likeness (QED) is 0.882. The molecule has 5 heteroatoms. The molecule has 0 atom stereocenters. The lowest BCUT2D eigenvalue weighted by Crippen LogP contribution is -1.98. The number of hydrogen-bond donors (Lipinski definition) is 1. The normalized spacial score (nSPS) is 9.90. The third kappa shape index (κ3) is 4.26. The van der Waals surface area contributed by atoms with Gasteiger partial charge in [-0.2, -0.15) is 0 Å². The van der Waals surface area contributed by atoms with Crippen LogP contribution >= 0.6 is 0 Å². The molecule has 0 fully saturated rings. The van der Waals surface area contributed by atoms with Gasteiger partial charge in [-0.1, -0.05) is 17.9 Å². The van der Waals surface area contributed by atoms with Crippen LogP contribution in [-0.4, -0.2) is 6.54 Å². The predicted molar refractivity (Wildman–Crippen MR) is 73.0 cm³/mol. The van der Waals surface area contributed by atoms with Gasteiger partial charge in [-0.05, 0) is 17.7 Å². The van der Waals surface area contributed by atoms with Crippen LogP contribution in [0.3, 0.4) is 0 Å². The minimum Gasteiger partial charge on any atom is -0.489 e. The van der Waals surface area contributed by atoms with Crippen molar-refractivity contribution in [3.8, 4) is 17.6 Å². The Morgan fingerprint density at radius 1 is 1.00 bits per heavy atom. The molecular weight excluding hydrogens is 279 g/mol. The lowest BCUT2D eigenvalue weighted by Gasteiger charge is -2.07. The van der Waals surface area contributed by atoms with Crippen LogP contribution in [0.15, 0.2) is 36.4 Å². The van der Waals surface area contributed by atoms with Crippen LogP contribution in [0.1, 0.15) is 11.1 Å². The highest BCUT2D eigenvalue weighted by molar-refractivity contribution is 5.38. The van der Waals surface area contributed by atoms with E-state index in [1.165, 1.54) is 18.2 Å². The summed E-state index contributed by atoms with van der Waals surface area (Å²) in [4.78, 5) is 0. The zero-order valence-corrected chi connectivity index (χ0v) is 11.0. The topological polar surface area (TPSA) is 35.2 Å². The molecule has 2 N–H and O–H groups in total. The molecule has 0 radical (unpaired) electrons. The van der Waals surface area contributed by atoms with Gasteiger partial charge in [-0.25, -0.2) is 13.2 Å². The predicted octanol–water partition coefficient (Wildman–Crippen LogP) is 2.99. The Bertz CT molecular complexity index is 684. The van der Waals surface area contributed by atoms with Gasteiger partial charge in [0.25, 0.3) is 0 Å². The SMILES string of the molecule is NCC#Cc1cc(COc2cc(F)cc(F)c2)ccc1F. The largest absolute Gasteiger partial charge is 0.489 e. The lowest BCUT2D eigenvalue weighted by molar-refractivity contribution is 0.302. The van der Waals surface area contributed by atoms with Gasteiger partial charge >= 0.3 is 0 Å². The van der Waals surface area contributed by atoms with E-state index < -0.39 is 17.5 Å². The van der Waals surface area contributed by atoms with Crippen LogP contribution in [-0.2, 0) is 6.61 Å². The van der Waals surface area contributed by atoms with Crippen LogP contribution in [0.2, 0.25) is 0 Å². The standard InChI is InChI=1S/C16H12F3NO/c17-13-7-14(18)9-15(8-13)21-10-11-3-4-16(19)12(6-11)2-1-5-20/h3-4,6-9H,5,10,20H2. The molecule has 0 bridgehead atoms. The molecule has 2 aromatic rings. The summed E-state index contributed by atoms with van der Waals surface area (Å²) in [7, 11) is 0. The van der Waals surface area contributed by atoms with Crippen molar-refractivity contribution >= 4 is 0 Å². The molecular formula is C16H12F3NO. The van der Waals surface area contributed by atoms with Crippen molar-refractivity contribution in [2.24, 2.45) is 5.73 Å². The first-order valence-electron chi connectivity index (χ1n) is 6.15. The van der Waals surface area contributed by atoms with Crippen LogP contribution in [0.25, 0.3) is 0 Å². The monoisotopic (exact) mass is 291 g/mol. The fourth-order valence-electron chi connectivity index (χ4n) is 1.68. The smallest absolute Gasteiger partial charge is 0.138 e. The first-order valence-corrected chi connectivity index (χ1v) is 6.15. The van der Waals surface area contributed by atoms with E-state index in [9.17, 15) is 13.2 Å². The molecule has 0 aliphatic rings. The summed E-state index contributed by atoms with van der Waals surface area (Å²) in [5.74, 6) is 3.32. The average molecular weight is 291 g/mol. The van der Waals surface area contributed by atoms with Gasteiger partial charge < -0.3 is 10.5 Å². The van der Waals surface area contributed by atoms with E-state index in [0.717, 1.165) is 18.2 Å². The molecule has 0 saturated carbocycles. The van der Waals surface area contributed by atoms with Gasteiger partial charge in [-0.3, -0.25) is 0 Å². The van der Waals surface area contributed by atoms with Crippen molar-refractivity contribution in [3.05, 3.63) is 65.0 Å². The van der Waals surface area contributed by atoms with Crippen molar-refractivity contribution < 1.29 is 17.9 Å². The molecule has 2 aromatic carbocycles. The fraction of sp³-hybridized carbons (Fsp3) is 0.125. The van der Waals surface area contributed by atoms with Crippen molar-refractivity contribution in [2.45, 2.75) is 6.61 Å². The highest BCUT2D eigenvalue weighted by atomic mass is 19.1. The summed E-state index contributed by atoms with van der Waals surface area (Å²) in [5, 5.41) is 0. The van der Waals surface area contributed by atoms with Crippen molar-refractivity contribution in [3.63, 3.8) is 0 Å². The second-order valence-corrected chi connectivity index (χ2v) is 4.21. The van der Waals surface area contributed by atoms with Crippen molar-refractivity contribution in [2.75, 3.05) is 6.54 Å². The van der Waals surface area contributed by atoms with E-state index in [4.69, 9.17) is 10.5 Å². The van der Waals surface area contributed by atoms with Crippen LogP contribution in [0.5, 0.6) is 5.75 Å². The molecule has 0 unspecified atom stereocenters. The van der Waals surface area contributed by atoms with Gasteiger partial charge in [-0.15, -0.1) is 0 Å². The van der Waals surface area contributed by atoms with Gasteiger partial charge in [0.05, 0.1) is 12.1 Å². The average Bonchev–Trinajstić information content (AvgIpc) is 2.44. The van der Waals surface area contributed by atoms with E-state index in [-0.39, 0.29) is 24.5 Å². The van der Waals surface area contributed by atoms with Crippen LogP contribution < -0.4 is 10.5 Å². The van der Waals surface area contributed by atoms with Gasteiger partial charge in [0, 0.05) is 18.2 Å². The Labute approximate surface area is 120 Å².